The van der Waals surface area contributed by atoms with Crippen LogP contribution in [0.25, 0.3) is 34.1 Å². The van der Waals surface area contributed by atoms with E-state index in [1.807, 2.05) is 12.1 Å². The highest BCUT2D eigenvalue weighted by molar-refractivity contribution is 5.94. The first-order valence-corrected chi connectivity index (χ1v) is 9.13. The number of fused-ring (bicyclic) bond motifs is 1. The highest BCUT2D eigenvalue weighted by atomic mass is 16.6. The number of aryl methyl sites for hydroxylation is 1. The highest BCUT2D eigenvalue weighted by Gasteiger charge is 2.05. The largest absolute Gasteiger partial charge is 0.269 e. The second kappa shape index (κ2) is 7.49. The summed E-state index contributed by atoms with van der Waals surface area (Å²) in [6.45, 7) is 2.13. The van der Waals surface area contributed by atoms with E-state index in [9.17, 15) is 10.1 Å². The van der Waals surface area contributed by atoms with Crippen LogP contribution in [0.4, 0.5) is 5.69 Å². The number of nitro benzene ring substituents is 1. The van der Waals surface area contributed by atoms with E-state index in [0.29, 0.717) is 0 Å². The Labute approximate surface area is 163 Å². The van der Waals surface area contributed by atoms with Gasteiger partial charge < -0.3 is 0 Å². The second-order valence-corrected chi connectivity index (χ2v) is 6.78. The summed E-state index contributed by atoms with van der Waals surface area (Å²) in [6, 6.07) is 27.5. The standard InChI is InChI=1S/C25H19NO2/c1-18-6-10-22-4-2-3-5-25(22)24(18)17-9-19-7-11-20(12-8-19)21-13-15-23(16-14-21)26(27)28/h2-17H,1H3/b17-9+. The first kappa shape index (κ1) is 17.7. The molecule has 0 unspecified atom stereocenters. The fourth-order valence-corrected chi connectivity index (χ4v) is 3.37. The van der Waals surface area contributed by atoms with Crippen LogP contribution in [0.2, 0.25) is 0 Å². The molecule has 0 aliphatic heterocycles. The van der Waals surface area contributed by atoms with E-state index < -0.39 is 0 Å². The van der Waals surface area contributed by atoms with Crippen molar-refractivity contribution in [2.24, 2.45) is 0 Å². The van der Waals surface area contributed by atoms with Gasteiger partial charge in [-0.3, -0.25) is 10.1 Å². The molecular weight excluding hydrogens is 346 g/mol. The van der Waals surface area contributed by atoms with E-state index in [0.717, 1.165) is 16.7 Å². The van der Waals surface area contributed by atoms with Crippen LogP contribution >= 0.6 is 0 Å². The van der Waals surface area contributed by atoms with Gasteiger partial charge in [-0.25, -0.2) is 0 Å². The Balaban J connectivity index is 1.60. The summed E-state index contributed by atoms with van der Waals surface area (Å²) in [5.41, 5.74) is 5.70. The topological polar surface area (TPSA) is 43.1 Å². The number of nitro groups is 1. The minimum absolute atomic E-state index is 0.105. The lowest BCUT2D eigenvalue weighted by molar-refractivity contribution is -0.384. The molecule has 3 heteroatoms. The van der Waals surface area contributed by atoms with Gasteiger partial charge in [-0.05, 0) is 57.6 Å². The molecule has 4 aromatic rings. The minimum Gasteiger partial charge on any atom is -0.258 e. The van der Waals surface area contributed by atoms with Crippen LogP contribution < -0.4 is 0 Å². The summed E-state index contributed by atoms with van der Waals surface area (Å²) in [7, 11) is 0. The maximum absolute atomic E-state index is 10.8. The molecule has 4 rings (SSSR count). The molecule has 0 bridgehead atoms. The van der Waals surface area contributed by atoms with Gasteiger partial charge in [-0.1, -0.05) is 72.8 Å². The molecule has 0 saturated heterocycles. The van der Waals surface area contributed by atoms with Gasteiger partial charge in [0.25, 0.3) is 5.69 Å². The van der Waals surface area contributed by atoms with Crippen LogP contribution in [0, 0.1) is 17.0 Å². The summed E-state index contributed by atoms with van der Waals surface area (Å²) in [5.74, 6) is 0. The average Bonchev–Trinajstić information content (AvgIpc) is 2.73. The van der Waals surface area contributed by atoms with Crippen LogP contribution in [0.5, 0.6) is 0 Å². The van der Waals surface area contributed by atoms with Crippen LogP contribution in [0.1, 0.15) is 16.7 Å². The fraction of sp³-hybridized carbons (Fsp3) is 0.0400. The van der Waals surface area contributed by atoms with Crippen molar-refractivity contribution in [2.45, 2.75) is 6.92 Å². The minimum atomic E-state index is -0.382. The van der Waals surface area contributed by atoms with Crippen molar-refractivity contribution in [1.29, 1.82) is 0 Å². The van der Waals surface area contributed by atoms with Gasteiger partial charge in [-0.15, -0.1) is 0 Å². The Kier molecular flexibility index (Phi) is 4.73. The molecule has 0 radical (unpaired) electrons. The Morgan fingerprint density at radius 1 is 0.750 bits per heavy atom. The zero-order valence-corrected chi connectivity index (χ0v) is 15.5. The van der Waals surface area contributed by atoms with Crippen molar-refractivity contribution < 1.29 is 4.92 Å². The van der Waals surface area contributed by atoms with Gasteiger partial charge in [0, 0.05) is 12.1 Å². The molecule has 28 heavy (non-hydrogen) atoms. The van der Waals surface area contributed by atoms with Gasteiger partial charge >= 0.3 is 0 Å². The maximum atomic E-state index is 10.8. The van der Waals surface area contributed by atoms with Crippen LogP contribution in [0.15, 0.2) is 84.9 Å². The van der Waals surface area contributed by atoms with Gasteiger partial charge in [-0.2, -0.15) is 0 Å². The van der Waals surface area contributed by atoms with Crippen LogP contribution in [-0.2, 0) is 0 Å². The van der Waals surface area contributed by atoms with Gasteiger partial charge in [0.05, 0.1) is 4.92 Å². The van der Waals surface area contributed by atoms with Crippen molar-refractivity contribution >= 4 is 28.6 Å². The van der Waals surface area contributed by atoms with Crippen molar-refractivity contribution in [3.63, 3.8) is 0 Å². The monoisotopic (exact) mass is 365 g/mol. The lowest BCUT2D eigenvalue weighted by atomic mass is 9.98. The number of hydrogen-bond donors (Lipinski definition) is 0. The normalized spacial score (nSPS) is 11.2. The van der Waals surface area contributed by atoms with E-state index in [2.05, 4.69) is 67.6 Å². The molecule has 3 nitrogen and oxygen atoms in total. The second-order valence-electron chi connectivity index (χ2n) is 6.78. The van der Waals surface area contributed by atoms with E-state index in [1.165, 1.54) is 34.0 Å². The fourth-order valence-electron chi connectivity index (χ4n) is 3.37. The molecule has 0 heterocycles. The summed E-state index contributed by atoms with van der Waals surface area (Å²) in [4.78, 5) is 10.4. The third-order valence-electron chi connectivity index (χ3n) is 4.95. The van der Waals surface area contributed by atoms with E-state index in [-0.39, 0.29) is 10.6 Å². The Bertz CT molecular complexity index is 1170. The zero-order chi connectivity index (χ0) is 19.5. The highest BCUT2D eigenvalue weighted by Crippen LogP contribution is 2.26. The first-order valence-electron chi connectivity index (χ1n) is 9.13. The lowest BCUT2D eigenvalue weighted by Gasteiger charge is -2.06. The lowest BCUT2D eigenvalue weighted by Crippen LogP contribution is -1.87. The van der Waals surface area contributed by atoms with E-state index in [4.69, 9.17) is 0 Å². The van der Waals surface area contributed by atoms with Crippen molar-refractivity contribution in [3.8, 4) is 11.1 Å². The Hall–Kier alpha value is -3.72. The van der Waals surface area contributed by atoms with Gasteiger partial charge in [0.1, 0.15) is 0 Å². The Morgan fingerprint density at radius 2 is 1.39 bits per heavy atom. The number of nitrogens with zero attached hydrogens (tertiary/aromatic N) is 1. The molecule has 0 atom stereocenters. The predicted octanol–water partition coefficient (Wildman–Crippen LogP) is 6.89. The summed E-state index contributed by atoms with van der Waals surface area (Å²) in [5, 5.41) is 13.3. The summed E-state index contributed by atoms with van der Waals surface area (Å²) < 4.78 is 0. The maximum Gasteiger partial charge on any atom is 0.269 e. The van der Waals surface area contributed by atoms with E-state index in [1.54, 1.807) is 12.1 Å². The molecule has 0 spiro atoms. The molecule has 0 N–H and O–H groups in total. The third-order valence-corrected chi connectivity index (χ3v) is 4.95. The van der Waals surface area contributed by atoms with Crippen LogP contribution in [-0.4, -0.2) is 4.92 Å². The molecule has 0 saturated carbocycles. The molecule has 0 aliphatic rings. The van der Waals surface area contributed by atoms with Crippen LogP contribution in [0.3, 0.4) is 0 Å². The van der Waals surface area contributed by atoms with Gasteiger partial charge in [0.15, 0.2) is 0 Å². The quantitative estimate of drug-likeness (QED) is 0.224. The van der Waals surface area contributed by atoms with E-state index >= 15 is 0 Å². The smallest absolute Gasteiger partial charge is 0.258 e. The van der Waals surface area contributed by atoms with Gasteiger partial charge in [0.2, 0.25) is 0 Å². The Morgan fingerprint density at radius 3 is 2.07 bits per heavy atom. The molecule has 0 aromatic heterocycles. The molecule has 136 valence electrons. The molecular formula is C25H19NO2. The summed E-state index contributed by atoms with van der Waals surface area (Å²) in [6.07, 6.45) is 4.28. The number of non-ortho nitro benzene ring substituents is 1. The summed E-state index contributed by atoms with van der Waals surface area (Å²) >= 11 is 0. The van der Waals surface area contributed by atoms with Crippen molar-refractivity contribution in [2.75, 3.05) is 0 Å². The average molecular weight is 365 g/mol. The molecule has 0 amide bonds. The number of rotatable bonds is 4. The molecule has 4 aromatic carbocycles. The number of hydrogen-bond acceptors (Lipinski definition) is 2. The van der Waals surface area contributed by atoms with Crippen molar-refractivity contribution in [1.82, 2.24) is 0 Å². The SMILES string of the molecule is Cc1ccc2ccccc2c1/C=C/c1ccc(-c2ccc([N+](=O)[O-])cc2)cc1. The third kappa shape index (κ3) is 3.55. The molecule has 0 aliphatic carbocycles. The number of benzene rings is 4. The first-order chi connectivity index (χ1) is 13.6. The zero-order valence-electron chi connectivity index (χ0n) is 15.5. The molecule has 0 fully saturated rings. The predicted molar refractivity (Wildman–Crippen MR) is 116 cm³/mol. The van der Waals surface area contributed by atoms with Crippen molar-refractivity contribution in [3.05, 3.63) is 112 Å².